The molecular weight excluding hydrogens is 282 g/mol. The van der Waals surface area contributed by atoms with Crippen LogP contribution in [0.15, 0.2) is 34.9 Å². The van der Waals surface area contributed by atoms with E-state index in [1.54, 1.807) is 6.07 Å². The molecule has 6 nitrogen and oxygen atoms in total. The molecule has 2 heterocycles. The fourth-order valence-electron chi connectivity index (χ4n) is 2.47. The largest absolute Gasteiger partial charge is 0.488 e. The standard InChI is InChI=1S/C16H19N3O3/c1-19(2)10-13-8-14(18-22-13)16(20)17-9-12-7-11-5-3-4-6-15(11)21-12/h3-6,8,12H,7,9-10H2,1-2H3,(H,17,20)/t12-/m1/s1. The maximum atomic E-state index is 12.1. The smallest absolute Gasteiger partial charge is 0.273 e. The van der Waals surface area contributed by atoms with E-state index in [1.165, 1.54) is 5.56 Å². The van der Waals surface area contributed by atoms with Crippen molar-refractivity contribution in [2.75, 3.05) is 20.6 Å². The third-order valence-corrected chi connectivity index (χ3v) is 3.47. The lowest BCUT2D eigenvalue weighted by atomic mass is 10.1. The van der Waals surface area contributed by atoms with Gasteiger partial charge in [0.2, 0.25) is 0 Å². The van der Waals surface area contributed by atoms with Crippen molar-refractivity contribution in [1.82, 2.24) is 15.4 Å². The Morgan fingerprint density at radius 1 is 1.41 bits per heavy atom. The van der Waals surface area contributed by atoms with Crippen LogP contribution in [0.5, 0.6) is 5.75 Å². The molecule has 1 N–H and O–H groups in total. The Morgan fingerprint density at radius 3 is 3.00 bits per heavy atom. The zero-order valence-corrected chi connectivity index (χ0v) is 12.7. The number of nitrogens with zero attached hydrogens (tertiary/aromatic N) is 2. The number of aromatic nitrogens is 1. The van der Waals surface area contributed by atoms with Gasteiger partial charge in [-0.1, -0.05) is 23.4 Å². The van der Waals surface area contributed by atoms with Crippen LogP contribution in [0.3, 0.4) is 0 Å². The lowest BCUT2D eigenvalue weighted by Crippen LogP contribution is -2.34. The van der Waals surface area contributed by atoms with Crippen molar-refractivity contribution in [3.63, 3.8) is 0 Å². The highest BCUT2D eigenvalue weighted by Crippen LogP contribution is 2.27. The number of hydrogen-bond acceptors (Lipinski definition) is 5. The van der Waals surface area contributed by atoms with Crippen LogP contribution < -0.4 is 10.1 Å². The first-order valence-electron chi connectivity index (χ1n) is 7.25. The van der Waals surface area contributed by atoms with E-state index in [9.17, 15) is 4.79 Å². The molecule has 3 rings (SSSR count). The lowest BCUT2D eigenvalue weighted by molar-refractivity contribution is 0.0924. The minimum atomic E-state index is -0.242. The molecule has 6 heteroatoms. The van der Waals surface area contributed by atoms with Gasteiger partial charge in [-0.3, -0.25) is 4.79 Å². The number of carbonyl (C=O) groups excluding carboxylic acids is 1. The van der Waals surface area contributed by atoms with E-state index < -0.39 is 0 Å². The molecule has 22 heavy (non-hydrogen) atoms. The highest BCUT2D eigenvalue weighted by atomic mass is 16.5. The fraction of sp³-hybridized carbons (Fsp3) is 0.375. The average molecular weight is 301 g/mol. The Hall–Kier alpha value is -2.34. The highest BCUT2D eigenvalue weighted by molar-refractivity contribution is 5.92. The van der Waals surface area contributed by atoms with Gasteiger partial charge in [-0.05, 0) is 25.7 Å². The third kappa shape index (κ3) is 3.28. The monoisotopic (exact) mass is 301 g/mol. The van der Waals surface area contributed by atoms with Crippen molar-refractivity contribution in [2.24, 2.45) is 0 Å². The molecule has 0 aliphatic carbocycles. The van der Waals surface area contributed by atoms with E-state index in [2.05, 4.69) is 10.5 Å². The zero-order chi connectivity index (χ0) is 15.5. The number of benzene rings is 1. The number of carbonyl (C=O) groups is 1. The molecule has 0 radical (unpaired) electrons. The fourth-order valence-corrected chi connectivity index (χ4v) is 2.47. The van der Waals surface area contributed by atoms with Crippen molar-refractivity contribution >= 4 is 5.91 Å². The zero-order valence-electron chi connectivity index (χ0n) is 12.7. The topological polar surface area (TPSA) is 67.6 Å². The predicted octanol–water partition coefficient (Wildman–Crippen LogP) is 1.47. The molecule has 1 aromatic heterocycles. The Balaban J connectivity index is 1.52. The first-order chi connectivity index (χ1) is 10.6. The minimum absolute atomic E-state index is 0.0329. The van der Waals surface area contributed by atoms with Gasteiger partial charge in [0.1, 0.15) is 11.9 Å². The van der Waals surface area contributed by atoms with Crippen LogP contribution in [-0.2, 0) is 13.0 Å². The van der Waals surface area contributed by atoms with E-state index in [0.717, 1.165) is 12.2 Å². The lowest BCUT2D eigenvalue weighted by Gasteiger charge is -2.10. The second-order valence-corrected chi connectivity index (χ2v) is 5.68. The van der Waals surface area contributed by atoms with Crippen LogP contribution in [0.25, 0.3) is 0 Å². The molecule has 0 spiro atoms. The molecule has 116 valence electrons. The molecule has 1 aromatic carbocycles. The van der Waals surface area contributed by atoms with Crippen molar-refractivity contribution in [3.8, 4) is 5.75 Å². The Labute approximate surface area is 129 Å². The summed E-state index contributed by atoms with van der Waals surface area (Å²) in [6.45, 7) is 1.06. The number of hydrogen-bond donors (Lipinski definition) is 1. The molecule has 0 bridgehead atoms. The van der Waals surface area contributed by atoms with E-state index in [1.807, 2.05) is 43.3 Å². The van der Waals surface area contributed by atoms with Crippen LogP contribution in [-0.4, -0.2) is 42.7 Å². The number of fused-ring (bicyclic) bond motifs is 1. The first-order valence-corrected chi connectivity index (χ1v) is 7.25. The second-order valence-electron chi connectivity index (χ2n) is 5.68. The number of nitrogens with one attached hydrogen (secondary N) is 1. The summed E-state index contributed by atoms with van der Waals surface area (Å²) >= 11 is 0. The van der Waals surface area contributed by atoms with Crippen LogP contribution in [0.2, 0.25) is 0 Å². The molecule has 0 saturated carbocycles. The number of para-hydroxylation sites is 1. The van der Waals surface area contributed by atoms with Gasteiger partial charge in [-0.15, -0.1) is 0 Å². The van der Waals surface area contributed by atoms with Crippen molar-refractivity contribution in [2.45, 2.75) is 19.1 Å². The molecule has 0 unspecified atom stereocenters. The van der Waals surface area contributed by atoms with E-state index in [0.29, 0.717) is 24.5 Å². The SMILES string of the molecule is CN(C)Cc1cc(C(=O)NC[C@H]2Cc3ccccc3O2)no1. The molecule has 0 saturated heterocycles. The van der Waals surface area contributed by atoms with Gasteiger partial charge in [0.25, 0.3) is 5.91 Å². The Morgan fingerprint density at radius 2 is 2.23 bits per heavy atom. The highest BCUT2D eigenvalue weighted by Gasteiger charge is 2.23. The molecule has 1 amide bonds. The second kappa shape index (κ2) is 6.19. The third-order valence-electron chi connectivity index (χ3n) is 3.47. The van der Waals surface area contributed by atoms with Crippen molar-refractivity contribution < 1.29 is 14.1 Å². The molecule has 2 aromatic rings. The average Bonchev–Trinajstić information content (AvgIpc) is 3.10. The molecule has 1 aliphatic rings. The molecule has 1 aliphatic heterocycles. The summed E-state index contributed by atoms with van der Waals surface area (Å²) in [5.74, 6) is 1.32. The maximum Gasteiger partial charge on any atom is 0.273 e. The van der Waals surface area contributed by atoms with Gasteiger partial charge in [0, 0.05) is 12.5 Å². The summed E-state index contributed by atoms with van der Waals surface area (Å²) in [5, 5.41) is 6.64. The predicted molar refractivity (Wildman–Crippen MR) is 80.8 cm³/mol. The van der Waals surface area contributed by atoms with Crippen LogP contribution >= 0.6 is 0 Å². The van der Waals surface area contributed by atoms with Gasteiger partial charge in [-0.25, -0.2) is 0 Å². The van der Waals surface area contributed by atoms with Gasteiger partial charge >= 0.3 is 0 Å². The quantitative estimate of drug-likeness (QED) is 0.906. The minimum Gasteiger partial charge on any atom is -0.488 e. The Bertz CT molecular complexity index is 641. The van der Waals surface area contributed by atoms with Crippen molar-refractivity contribution in [1.29, 1.82) is 0 Å². The first kappa shape index (κ1) is 14.6. The van der Waals surface area contributed by atoms with E-state index >= 15 is 0 Å². The number of amides is 1. The van der Waals surface area contributed by atoms with Gasteiger partial charge in [-0.2, -0.15) is 0 Å². The maximum absolute atomic E-state index is 12.1. The van der Waals surface area contributed by atoms with Gasteiger partial charge < -0.3 is 19.5 Å². The van der Waals surface area contributed by atoms with E-state index in [-0.39, 0.29) is 12.0 Å². The number of ether oxygens (including phenoxy) is 1. The summed E-state index contributed by atoms with van der Waals surface area (Å²) in [6.07, 6.45) is 0.774. The summed E-state index contributed by atoms with van der Waals surface area (Å²) in [6, 6.07) is 9.59. The van der Waals surface area contributed by atoms with Crippen molar-refractivity contribution in [3.05, 3.63) is 47.3 Å². The van der Waals surface area contributed by atoms with Gasteiger partial charge in [0.15, 0.2) is 11.5 Å². The summed E-state index contributed by atoms with van der Waals surface area (Å²) in [5.41, 5.74) is 1.48. The number of rotatable bonds is 5. The van der Waals surface area contributed by atoms with Gasteiger partial charge in [0.05, 0.1) is 13.1 Å². The summed E-state index contributed by atoms with van der Waals surface area (Å²) in [7, 11) is 3.86. The summed E-state index contributed by atoms with van der Waals surface area (Å²) < 4.78 is 10.9. The van der Waals surface area contributed by atoms with Crippen LogP contribution in [0, 0.1) is 0 Å². The summed E-state index contributed by atoms with van der Waals surface area (Å²) in [4.78, 5) is 14.0. The normalized spacial score (nSPS) is 16.4. The van der Waals surface area contributed by atoms with E-state index in [4.69, 9.17) is 9.26 Å². The van der Waals surface area contributed by atoms with Crippen LogP contribution in [0.4, 0.5) is 0 Å². The Kier molecular flexibility index (Phi) is 4.11. The molecule has 1 atom stereocenters. The molecular formula is C16H19N3O3. The molecule has 0 fully saturated rings. The van der Waals surface area contributed by atoms with Crippen LogP contribution in [0.1, 0.15) is 21.8 Å².